The highest BCUT2D eigenvalue weighted by Gasteiger charge is 2.30. The van der Waals surface area contributed by atoms with Gasteiger partial charge in [0.15, 0.2) is 0 Å². The molecule has 1 N–H and O–H groups in total. The third kappa shape index (κ3) is 7.24. The van der Waals surface area contributed by atoms with Crippen molar-refractivity contribution in [2.24, 2.45) is 5.92 Å². The molecule has 0 spiro atoms. The standard InChI is InChI=1S/C24H32N2O5S/c1-30-22-9-11-23(12-10-22)31-18-15-25-24(27)21-13-16-26(17-14-21)32(28,29)19-5-8-20-6-3-2-4-7-20/h2-4,6-7,9-12,21H,5,8,13-19H2,1H3,(H,25,27). The van der Waals surface area contributed by atoms with Gasteiger partial charge < -0.3 is 14.8 Å². The minimum atomic E-state index is -3.29. The molecule has 1 fully saturated rings. The van der Waals surface area contributed by atoms with Crippen molar-refractivity contribution in [3.05, 3.63) is 60.2 Å². The summed E-state index contributed by atoms with van der Waals surface area (Å²) in [5, 5.41) is 2.89. The van der Waals surface area contributed by atoms with Gasteiger partial charge in [0, 0.05) is 19.0 Å². The number of rotatable bonds is 11. The lowest BCUT2D eigenvalue weighted by Crippen LogP contribution is -2.44. The zero-order chi connectivity index (χ0) is 22.8. The van der Waals surface area contributed by atoms with Crippen molar-refractivity contribution in [3.8, 4) is 11.5 Å². The van der Waals surface area contributed by atoms with E-state index >= 15 is 0 Å². The molecule has 1 aliphatic heterocycles. The molecule has 32 heavy (non-hydrogen) atoms. The van der Waals surface area contributed by atoms with Crippen LogP contribution in [-0.2, 0) is 21.2 Å². The van der Waals surface area contributed by atoms with Crippen molar-refractivity contribution < 1.29 is 22.7 Å². The van der Waals surface area contributed by atoms with Gasteiger partial charge in [-0.2, -0.15) is 0 Å². The number of hydrogen-bond donors (Lipinski definition) is 1. The van der Waals surface area contributed by atoms with E-state index in [2.05, 4.69) is 5.32 Å². The van der Waals surface area contributed by atoms with Gasteiger partial charge in [0.1, 0.15) is 18.1 Å². The first-order valence-corrected chi connectivity index (χ1v) is 12.6. The topological polar surface area (TPSA) is 84.9 Å². The molecule has 2 aromatic carbocycles. The van der Waals surface area contributed by atoms with Crippen molar-refractivity contribution in [3.63, 3.8) is 0 Å². The lowest BCUT2D eigenvalue weighted by molar-refractivity contribution is -0.126. The maximum Gasteiger partial charge on any atom is 0.223 e. The van der Waals surface area contributed by atoms with E-state index in [9.17, 15) is 13.2 Å². The molecule has 0 aromatic heterocycles. The molecule has 0 bridgehead atoms. The number of amides is 1. The van der Waals surface area contributed by atoms with Gasteiger partial charge in [0.05, 0.1) is 19.4 Å². The molecule has 2 aromatic rings. The number of hydrogen-bond acceptors (Lipinski definition) is 5. The molecule has 1 amide bonds. The van der Waals surface area contributed by atoms with E-state index in [1.54, 1.807) is 7.11 Å². The fourth-order valence-corrected chi connectivity index (χ4v) is 5.32. The van der Waals surface area contributed by atoms with Crippen molar-refractivity contribution in [2.45, 2.75) is 25.7 Å². The SMILES string of the molecule is COc1ccc(OCCNC(=O)C2CCN(S(=O)(=O)CCCc3ccccc3)CC2)cc1. The largest absolute Gasteiger partial charge is 0.497 e. The minimum Gasteiger partial charge on any atom is -0.497 e. The normalized spacial score (nSPS) is 15.3. The average molecular weight is 461 g/mol. The van der Waals surface area contributed by atoms with Gasteiger partial charge >= 0.3 is 0 Å². The second-order valence-corrected chi connectivity index (χ2v) is 9.98. The first kappa shape index (κ1) is 24.1. The molecule has 1 heterocycles. The van der Waals surface area contributed by atoms with Crippen LogP contribution in [0.25, 0.3) is 0 Å². The van der Waals surface area contributed by atoms with Crippen LogP contribution in [0.1, 0.15) is 24.8 Å². The zero-order valence-electron chi connectivity index (χ0n) is 18.5. The summed E-state index contributed by atoms with van der Waals surface area (Å²) in [7, 11) is -1.68. The molecule has 0 atom stereocenters. The summed E-state index contributed by atoms with van der Waals surface area (Å²) in [6.07, 6.45) is 2.44. The van der Waals surface area contributed by atoms with E-state index in [0.717, 1.165) is 17.7 Å². The number of sulfonamides is 1. The van der Waals surface area contributed by atoms with Crippen molar-refractivity contribution in [2.75, 3.05) is 39.1 Å². The van der Waals surface area contributed by atoms with Crippen LogP contribution in [0, 0.1) is 5.92 Å². The van der Waals surface area contributed by atoms with E-state index in [1.165, 1.54) is 4.31 Å². The third-order valence-corrected chi connectivity index (χ3v) is 7.61. The van der Waals surface area contributed by atoms with Crippen LogP contribution in [0.15, 0.2) is 54.6 Å². The highest BCUT2D eigenvalue weighted by Crippen LogP contribution is 2.21. The third-order valence-electron chi connectivity index (χ3n) is 5.66. The molecule has 0 radical (unpaired) electrons. The molecular weight excluding hydrogens is 428 g/mol. The van der Waals surface area contributed by atoms with Crippen LogP contribution >= 0.6 is 0 Å². The van der Waals surface area contributed by atoms with Gasteiger partial charge in [-0.15, -0.1) is 0 Å². The van der Waals surface area contributed by atoms with E-state index < -0.39 is 10.0 Å². The Balaban J connectivity index is 1.33. The molecule has 7 nitrogen and oxygen atoms in total. The first-order valence-electron chi connectivity index (χ1n) is 11.0. The van der Waals surface area contributed by atoms with Gasteiger partial charge in [-0.25, -0.2) is 12.7 Å². The lowest BCUT2D eigenvalue weighted by atomic mass is 9.97. The van der Waals surface area contributed by atoms with Gasteiger partial charge in [-0.1, -0.05) is 30.3 Å². The van der Waals surface area contributed by atoms with Crippen LogP contribution in [-0.4, -0.2) is 57.7 Å². The second kappa shape index (κ2) is 11.9. The smallest absolute Gasteiger partial charge is 0.223 e. The van der Waals surface area contributed by atoms with Crippen molar-refractivity contribution >= 4 is 15.9 Å². The molecule has 3 rings (SSSR count). The Morgan fingerprint density at radius 3 is 2.34 bits per heavy atom. The van der Waals surface area contributed by atoms with E-state index in [0.29, 0.717) is 51.3 Å². The quantitative estimate of drug-likeness (QED) is 0.521. The molecule has 1 saturated heterocycles. The van der Waals surface area contributed by atoms with Crippen molar-refractivity contribution in [1.29, 1.82) is 0 Å². The van der Waals surface area contributed by atoms with Crippen molar-refractivity contribution in [1.82, 2.24) is 9.62 Å². The monoisotopic (exact) mass is 460 g/mol. The highest BCUT2D eigenvalue weighted by atomic mass is 32.2. The number of benzene rings is 2. The minimum absolute atomic E-state index is 0.0375. The summed E-state index contributed by atoms with van der Waals surface area (Å²) in [6.45, 7) is 1.57. The number of carbonyl (C=O) groups is 1. The predicted octanol–water partition coefficient (Wildman–Crippen LogP) is 2.86. The number of nitrogens with zero attached hydrogens (tertiary/aromatic N) is 1. The number of aryl methyl sites for hydroxylation is 1. The molecule has 0 saturated carbocycles. The van der Waals surface area contributed by atoms with E-state index in [-0.39, 0.29) is 17.6 Å². The summed E-state index contributed by atoms with van der Waals surface area (Å²) in [5.41, 5.74) is 1.15. The van der Waals surface area contributed by atoms with Gasteiger partial charge in [0.2, 0.25) is 15.9 Å². The Bertz CT molecular complexity index is 940. The number of nitrogens with one attached hydrogen (secondary N) is 1. The second-order valence-electron chi connectivity index (χ2n) is 7.89. The summed E-state index contributed by atoms with van der Waals surface area (Å²) >= 11 is 0. The maximum atomic E-state index is 12.6. The lowest BCUT2D eigenvalue weighted by Gasteiger charge is -2.30. The highest BCUT2D eigenvalue weighted by molar-refractivity contribution is 7.89. The van der Waals surface area contributed by atoms with Gasteiger partial charge in [-0.05, 0) is 55.5 Å². The molecule has 8 heteroatoms. The Labute approximate surface area is 190 Å². The van der Waals surface area contributed by atoms with E-state index in [1.807, 2.05) is 54.6 Å². The summed E-state index contributed by atoms with van der Waals surface area (Å²) in [5.74, 6) is 1.42. The predicted molar refractivity (Wildman–Crippen MR) is 124 cm³/mol. The van der Waals surface area contributed by atoms with Crippen LogP contribution < -0.4 is 14.8 Å². The van der Waals surface area contributed by atoms with Crippen LogP contribution in [0.3, 0.4) is 0 Å². The summed E-state index contributed by atoms with van der Waals surface area (Å²) in [6, 6.07) is 17.2. The molecule has 0 unspecified atom stereocenters. The Hall–Kier alpha value is -2.58. The van der Waals surface area contributed by atoms with Crippen LogP contribution in [0.5, 0.6) is 11.5 Å². The average Bonchev–Trinajstić information content (AvgIpc) is 2.83. The summed E-state index contributed by atoms with van der Waals surface area (Å²) < 4.78 is 37.5. The molecular formula is C24H32N2O5S. The fourth-order valence-electron chi connectivity index (χ4n) is 3.79. The molecule has 0 aliphatic carbocycles. The Kier molecular flexibility index (Phi) is 8.93. The van der Waals surface area contributed by atoms with E-state index in [4.69, 9.17) is 9.47 Å². The number of carbonyl (C=O) groups excluding carboxylic acids is 1. The maximum absolute atomic E-state index is 12.6. The first-order chi connectivity index (χ1) is 15.5. The Morgan fingerprint density at radius 1 is 1.03 bits per heavy atom. The Morgan fingerprint density at radius 2 is 1.69 bits per heavy atom. The number of piperidine rings is 1. The molecule has 174 valence electrons. The zero-order valence-corrected chi connectivity index (χ0v) is 19.4. The van der Waals surface area contributed by atoms with Gasteiger partial charge in [-0.3, -0.25) is 4.79 Å². The number of methoxy groups -OCH3 is 1. The van der Waals surface area contributed by atoms with Gasteiger partial charge in [0.25, 0.3) is 0 Å². The van der Waals surface area contributed by atoms with Crippen LogP contribution in [0.2, 0.25) is 0 Å². The molecule has 1 aliphatic rings. The number of ether oxygens (including phenoxy) is 2. The summed E-state index contributed by atoms with van der Waals surface area (Å²) in [4.78, 5) is 12.4. The van der Waals surface area contributed by atoms with Crippen LogP contribution in [0.4, 0.5) is 0 Å². The fraction of sp³-hybridized carbons (Fsp3) is 0.458.